The molecule has 1 atom stereocenters. The highest BCUT2D eigenvalue weighted by molar-refractivity contribution is 5.76. The van der Waals surface area contributed by atoms with Gasteiger partial charge in [0.05, 0.1) is 6.54 Å². The van der Waals surface area contributed by atoms with E-state index in [2.05, 4.69) is 15.5 Å². The minimum atomic E-state index is -2.65. The Bertz CT molecular complexity index is 765. The Balaban J connectivity index is 1.45. The first-order valence-corrected chi connectivity index (χ1v) is 8.23. The van der Waals surface area contributed by atoms with Crippen molar-refractivity contribution in [3.63, 3.8) is 0 Å². The van der Waals surface area contributed by atoms with Gasteiger partial charge in [-0.25, -0.2) is 13.5 Å². The third-order valence-electron chi connectivity index (χ3n) is 4.77. The van der Waals surface area contributed by atoms with Crippen LogP contribution >= 0.6 is 0 Å². The summed E-state index contributed by atoms with van der Waals surface area (Å²) in [6, 6.07) is 9.10. The molecule has 1 aromatic carbocycles. The van der Waals surface area contributed by atoms with E-state index in [4.69, 9.17) is 0 Å². The number of alkyl halides is 2. The fourth-order valence-corrected chi connectivity index (χ4v) is 3.56. The molecule has 132 valence electrons. The zero-order valence-corrected chi connectivity index (χ0v) is 13.6. The lowest BCUT2D eigenvalue weighted by Crippen LogP contribution is -2.52. The molecule has 2 aromatic rings. The number of tetrazole rings is 1. The number of fused-ring (bicyclic) bond motifs is 1. The summed E-state index contributed by atoms with van der Waals surface area (Å²) in [5, 5.41) is 11.5. The molecular weight excluding hydrogens is 330 g/mol. The van der Waals surface area contributed by atoms with E-state index in [1.165, 1.54) is 4.68 Å². The lowest BCUT2D eigenvalue weighted by atomic mass is 10.1. The average Bonchev–Trinajstić information content (AvgIpc) is 3.17. The van der Waals surface area contributed by atoms with Crippen molar-refractivity contribution in [2.45, 2.75) is 24.9 Å². The van der Waals surface area contributed by atoms with Crippen molar-refractivity contribution in [2.24, 2.45) is 0 Å². The van der Waals surface area contributed by atoms with E-state index < -0.39 is 5.92 Å². The summed E-state index contributed by atoms with van der Waals surface area (Å²) in [6.07, 6.45) is -0.184. The van der Waals surface area contributed by atoms with E-state index in [0.29, 0.717) is 25.5 Å². The van der Waals surface area contributed by atoms with Crippen LogP contribution in [0.25, 0.3) is 11.4 Å². The number of hydrogen-bond acceptors (Lipinski definition) is 5. The van der Waals surface area contributed by atoms with Gasteiger partial charge in [-0.05, 0) is 10.4 Å². The van der Waals surface area contributed by atoms with Gasteiger partial charge in [0.25, 0.3) is 5.92 Å². The minimum Gasteiger partial charge on any atom is -0.338 e. The standard InChI is InChI=1S/C16H18F2N6O/c17-16(18)8-13-9-22(6-7-23(13)11-16)14(25)10-24-15(19-20-21-24)12-4-2-1-3-5-12/h1-5,13H,6-11H2/t13-/m0/s1. The van der Waals surface area contributed by atoms with Crippen LogP contribution in [0.4, 0.5) is 8.78 Å². The molecule has 1 amide bonds. The highest BCUT2D eigenvalue weighted by Crippen LogP contribution is 2.33. The first-order chi connectivity index (χ1) is 12.0. The molecule has 4 rings (SSSR count). The number of carbonyl (C=O) groups excluding carboxylic acids is 1. The maximum Gasteiger partial charge on any atom is 0.262 e. The van der Waals surface area contributed by atoms with Crippen molar-refractivity contribution in [1.82, 2.24) is 30.0 Å². The number of rotatable bonds is 3. The molecule has 0 spiro atoms. The lowest BCUT2D eigenvalue weighted by molar-refractivity contribution is -0.134. The van der Waals surface area contributed by atoms with Crippen molar-refractivity contribution in [1.29, 1.82) is 0 Å². The second-order valence-electron chi connectivity index (χ2n) is 6.55. The summed E-state index contributed by atoms with van der Waals surface area (Å²) in [5.41, 5.74) is 0.820. The molecule has 0 saturated carbocycles. The molecule has 0 radical (unpaired) electrons. The summed E-state index contributed by atoms with van der Waals surface area (Å²) in [5.74, 6) is -2.29. The lowest BCUT2D eigenvalue weighted by Gasteiger charge is -2.36. The molecule has 3 heterocycles. The first-order valence-electron chi connectivity index (χ1n) is 8.23. The predicted molar refractivity (Wildman–Crippen MR) is 84.8 cm³/mol. The van der Waals surface area contributed by atoms with Gasteiger partial charge in [-0.1, -0.05) is 30.3 Å². The van der Waals surface area contributed by atoms with Crippen molar-refractivity contribution in [3.8, 4) is 11.4 Å². The molecule has 25 heavy (non-hydrogen) atoms. The molecule has 2 aliphatic rings. The van der Waals surface area contributed by atoms with E-state index in [1.54, 1.807) is 9.80 Å². The monoisotopic (exact) mass is 348 g/mol. The normalized spacial score (nSPS) is 22.8. The van der Waals surface area contributed by atoms with E-state index in [0.717, 1.165) is 5.56 Å². The van der Waals surface area contributed by atoms with E-state index in [-0.39, 0.29) is 31.5 Å². The van der Waals surface area contributed by atoms with Crippen molar-refractivity contribution in [2.75, 3.05) is 26.2 Å². The molecule has 2 saturated heterocycles. The molecule has 0 N–H and O–H groups in total. The number of nitrogens with zero attached hydrogens (tertiary/aromatic N) is 6. The summed E-state index contributed by atoms with van der Waals surface area (Å²) in [7, 11) is 0. The third kappa shape index (κ3) is 3.23. The minimum absolute atomic E-state index is 0.000338. The maximum atomic E-state index is 13.5. The van der Waals surface area contributed by atoms with Crippen molar-refractivity contribution >= 4 is 5.91 Å². The molecular formula is C16H18F2N6O. The number of halogens is 2. The molecule has 9 heteroatoms. The van der Waals surface area contributed by atoms with Crippen molar-refractivity contribution in [3.05, 3.63) is 30.3 Å². The van der Waals surface area contributed by atoms with Crippen LogP contribution in [0, 0.1) is 0 Å². The third-order valence-corrected chi connectivity index (χ3v) is 4.77. The van der Waals surface area contributed by atoms with Crippen LogP contribution in [-0.4, -0.2) is 74.1 Å². The van der Waals surface area contributed by atoms with Gasteiger partial charge < -0.3 is 4.90 Å². The number of amides is 1. The molecule has 1 aromatic heterocycles. The van der Waals surface area contributed by atoms with Crippen LogP contribution < -0.4 is 0 Å². The van der Waals surface area contributed by atoms with Crippen LogP contribution in [-0.2, 0) is 11.3 Å². The van der Waals surface area contributed by atoms with Gasteiger partial charge in [0, 0.05) is 37.7 Å². The number of carbonyl (C=O) groups is 1. The van der Waals surface area contributed by atoms with Gasteiger partial charge in [-0.15, -0.1) is 5.10 Å². The van der Waals surface area contributed by atoms with E-state index in [1.807, 2.05) is 30.3 Å². The summed E-state index contributed by atoms with van der Waals surface area (Å²) < 4.78 is 28.5. The predicted octanol–water partition coefficient (Wildman–Crippen LogP) is 0.892. The molecule has 0 bridgehead atoms. The smallest absolute Gasteiger partial charge is 0.262 e. The SMILES string of the molecule is O=C(Cn1nnnc1-c1ccccc1)N1CCN2CC(F)(F)C[C@H]2C1. The average molecular weight is 348 g/mol. The second-order valence-corrected chi connectivity index (χ2v) is 6.55. The molecule has 0 unspecified atom stereocenters. The quantitative estimate of drug-likeness (QED) is 0.824. The number of piperazine rings is 1. The van der Waals surface area contributed by atoms with Crippen LogP contribution in [0.15, 0.2) is 30.3 Å². The van der Waals surface area contributed by atoms with Crippen molar-refractivity contribution < 1.29 is 13.6 Å². The Morgan fingerprint density at radius 3 is 2.84 bits per heavy atom. The molecule has 7 nitrogen and oxygen atoms in total. The highest BCUT2D eigenvalue weighted by atomic mass is 19.3. The Morgan fingerprint density at radius 1 is 1.24 bits per heavy atom. The van der Waals surface area contributed by atoms with Gasteiger partial charge >= 0.3 is 0 Å². The van der Waals surface area contributed by atoms with Gasteiger partial charge in [0.15, 0.2) is 5.82 Å². The molecule has 2 aliphatic heterocycles. The van der Waals surface area contributed by atoms with E-state index in [9.17, 15) is 13.6 Å². The largest absolute Gasteiger partial charge is 0.338 e. The van der Waals surface area contributed by atoms with Crippen LogP contribution in [0.2, 0.25) is 0 Å². The fourth-order valence-electron chi connectivity index (χ4n) is 3.56. The fraction of sp³-hybridized carbons (Fsp3) is 0.500. The zero-order valence-electron chi connectivity index (χ0n) is 13.6. The Hall–Kier alpha value is -2.42. The Labute approximate surface area is 143 Å². The highest BCUT2D eigenvalue weighted by Gasteiger charge is 2.47. The summed E-state index contributed by atoms with van der Waals surface area (Å²) in [6.45, 7) is 1.06. The van der Waals surface area contributed by atoms with Gasteiger partial charge in [-0.3, -0.25) is 9.69 Å². The van der Waals surface area contributed by atoms with Crippen LogP contribution in [0.5, 0.6) is 0 Å². The van der Waals surface area contributed by atoms with Crippen LogP contribution in [0.1, 0.15) is 6.42 Å². The Morgan fingerprint density at radius 2 is 2.04 bits per heavy atom. The summed E-state index contributed by atoms with van der Waals surface area (Å²) in [4.78, 5) is 16.0. The van der Waals surface area contributed by atoms with Crippen LogP contribution in [0.3, 0.4) is 0 Å². The summed E-state index contributed by atoms with van der Waals surface area (Å²) >= 11 is 0. The van der Waals surface area contributed by atoms with Gasteiger partial charge in [-0.2, -0.15) is 0 Å². The number of hydrogen-bond donors (Lipinski definition) is 0. The maximum absolute atomic E-state index is 13.5. The van der Waals surface area contributed by atoms with E-state index >= 15 is 0 Å². The Kier molecular flexibility index (Phi) is 3.95. The number of benzene rings is 1. The zero-order chi connectivity index (χ0) is 17.4. The first kappa shape index (κ1) is 16.1. The molecule has 0 aliphatic carbocycles. The van der Waals surface area contributed by atoms with Gasteiger partial charge in [0.1, 0.15) is 6.54 Å². The van der Waals surface area contributed by atoms with Gasteiger partial charge in [0.2, 0.25) is 5.91 Å². The topological polar surface area (TPSA) is 67.2 Å². The second kappa shape index (κ2) is 6.14. The molecule has 2 fully saturated rings. The number of aromatic nitrogens is 4.